The largest absolute Gasteiger partial charge is 0.504 e. The Morgan fingerprint density at radius 3 is 2.56 bits per heavy atom. The number of hydrogen-bond acceptors (Lipinski definition) is 5. The molecule has 0 unspecified atom stereocenters. The molecule has 0 saturated carbocycles. The van der Waals surface area contributed by atoms with E-state index in [0.29, 0.717) is 11.3 Å². The fraction of sp³-hybridized carbons (Fsp3) is 0.150. The van der Waals surface area contributed by atoms with E-state index < -0.39 is 11.8 Å². The van der Waals surface area contributed by atoms with Crippen molar-refractivity contribution in [2.75, 3.05) is 12.0 Å². The van der Waals surface area contributed by atoms with Gasteiger partial charge in [-0.15, -0.1) is 0 Å². The molecular weight excluding hydrogens is 364 g/mol. The highest BCUT2D eigenvalue weighted by Gasteiger charge is 2.35. The predicted octanol–water partition coefficient (Wildman–Crippen LogP) is 2.85. The maximum Gasteiger partial charge on any atom is 0.270 e. The van der Waals surface area contributed by atoms with E-state index in [-0.39, 0.29) is 22.2 Å². The van der Waals surface area contributed by atoms with Crippen LogP contribution in [0.3, 0.4) is 0 Å². The minimum atomic E-state index is -0.571. The highest BCUT2D eigenvalue weighted by atomic mass is 32.1. The number of ether oxygens (including phenoxy) is 1. The second-order valence-electron chi connectivity index (χ2n) is 6.18. The highest BCUT2D eigenvalue weighted by molar-refractivity contribution is 7.80. The summed E-state index contributed by atoms with van der Waals surface area (Å²) in [6, 6.07) is 10.2. The van der Waals surface area contributed by atoms with Gasteiger partial charge in [-0.05, 0) is 61.5 Å². The zero-order chi connectivity index (χ0) is 19.7. The molecule has 2 amide bonds. The normalized spacial score (nSPS) is 15.9. The van der Waals surface area contributed by atoms with Crippen LogP contribution in [-0.2, 0) is 9.59 Å². The number of anilines is 1. The minimum absolute atomic E-state index is 0.0304. The van der Waals surface area contributed by atoms with Gasteiger partial charge in [0.15, 0.2) is 16.6 Å². The van der Waals surface area contributed by atoms with Crippen molar-refractivity contribution in [1.82, 2.24) is 5.32 Å². The molecule has 3 rings (SSSR count). The highest BCUT2D eigenvalue weighted by Crippen LogP contribution is 2.29. The number of methoxy groups -OCH3 is 1. The van der Waals surface area contributed by atoms with Crippen LogP contribution < -0.4 is 15.0 Å². The number of phenolic OH excluding ortho intramolecular Hbond substituents is 1. The quantitative estimate of drug-likeness (QED) is 0.485. The second kappa shape index (κ2) is 7.20. The number of benzene rings is 2. The van der Waals surface area contributed by atoms with Gasteiger partial charge in [-0.25, -0.2) is 0 Å². The molecule has 0 aromatic heterocycles. The topological polar surface area (TPSA) is 78.9 Å². The van der Waals surface area contributed by atoms with Crippen molar-refractivity contribution in [3.05, 3.63) is 58.7 Å². The molecular formula is C20H18N2O4S. The average Bonchev–Trinajstić information content (AvgIpc) is 2.61. The van der Waals surface area contributed by atoms with E-state index in [1.807, 2.05) is 26.0 Å². The number of amides is 2. The molecule has 0 atom stereocenters. The van der Waals surface area contributed by atoms with Crippen LogP contribution in [0.1, 0.15) is 16.7 Å². The standard InChI is InChI=1S/C20H18N2O4S/c1-11-4-6-15(12(2)8-11)22-19(25)14(18(24)21-20(22)27)9-13-5-7-16(23)17(10-13)26-3/h4-10,23H,1-3H3,(H,21,24,27)/b14-9+. The molecule has 2 aromatic rings. The Bertz CT molecular complexity index is 997. The Hall–Kier alpha value is -3.19. The molecule has 1 saturated heterocycles. The van der Waals surface area contributed by atoms with Crippen molar-refractivity contribution in [3.8, 4) is 11.5 Å². The lowest BCUT2D eigenvalue weighted by Gasteiger charge is -2.30. The summed E-state index contributed by atoms with van der Waals surface area (Å²) in [6.07, 6.45) is 1.44. The predicted molar refractivity (Wildman–Crippen MR) is 107 cm³/mol. The van der Waals surface area contributed by atoms with Gasteiger partial charge < -0.3 is 9.84 Å². The number of aromatic hydroxyl groups is 1. The van der Waals surface area contributed by atoms with Gasteiger partial charge in [0, 0.05) is 0 Å². The molecule has 2 aromatic carbocycles. The summed E-state index contributed by atoms with van der Waals surface area (Å²) in [5.41, 5.74) is 3.02. The van der Waals surface area contributed by atoms with Gasteiger partial charge in [0.25, 0.3) is 11.8 Å². The lowest BCUT2D eigenvalue weighted by molar-refractivity contribution is -0.122. The SMILES string of the molecule is COc1cc(/C=C2\C(=O)NC(=S)N(c3ccc(C)cc3C)C2=O)ccc1O. The zero-order valence-corrected chi connectivity index (χ0v) is 15.9. The fourth-order valence-electron chi connectivity index (χ4n) is 2.88. The van der Waals surface area contributed by atoms with Crippen molar-refractivity contribution in [3.63, 3.8) is 0 Å². The van der Waals surface area contributed by atoms with E-state index in [9.17, 15) is 14.7 Å². The summed E-state index contributed by atoms with van der Waals surface area (Å²) in [6.45, 7) is 3.83. The molecule has 7 heteroatoms. The van der Waals surface area contributed by atoms with Crippen LogP contribution in [0.4, 0.5) is 5.69 Å². The van der Waals surface area contributed by atoms with Crippen LogP contribution in [0.5, 0.6) is 11.5 Å². The molecule has 0 bridgehead atoms. The molecule has 0 radical (unpaired) electrons. The number of carbonyl (C=O) groups is 2. The molecule has 0 spiro atoms. The van der Waals surface area contributed by atoms with E-state index in [2.05, 4.69) is 5.32 Å². The van der Waals surface area contributed by atoms with Gasteiger partial charge in [-0.3, -0.25) is 19.8 Å². The van der Waals surface area contributed by atoms with E-state index in [0.717, 1.165) is 11.1 Å². The van der Waals surface area contributed by atoms with Crippen LogP contribution in [0.25, 0.3) is 6.08 Å². The molecule has 1 aliphatic rings. The molecule has 0 aliphatic carbocycles. The van der Waals surface area contributed by atoms with Gasteiger partial charge in [0.1, 0.15) is 5.57 Å². The second-order valence-corrected chi connectivity index (χ2v) is 6.57. The van der Waals surface area contributed by atoms with Gasteiger partial charge in [0.2, 0.25) is 0 Å². The van der Waals surface area contributed by atoms with E-state index in [4.69, 9.17) is 17.0 Å². The maximum absolute atomic E-state index is 13.0. The third-order valence-electron chi connectivity index (χ3n) is 4.21. The summed E-state index contributed by atoms with van der Waals surface area (Å²) >= 11 is 5.22. The van der Waals surface area contributed by atoms with Crippen molar-refractivity contribution < 1.29 is 19.4 Å². The minimum Gasteiger partial charge on any atom is -0.504 e. The van der Waals surface area contributed by atoms with Gasteiger partial charge in [0.05, 0.1) is 12.8 Å². The third kappa shape index (κ3) is 3.54. The van der Waals surface area contributed by atoms with Gasteiger partial charge in [-0.1, -0.05) is 23.8 Å². The molecule has 27 heavy (non-hydrogen) atoms. The summed E-state index contributed by atoms with van der Waals surface area (Å²) in [4.78, 5) is 26.7. The number of carbonyl (C=O) groups excluding carboxylic acids is 2. The number of nitrogens with one attached hydrogen (secondary N) is 1. The van der Waals surface area contributed by atoms with Crippen LogP contribution >= 0.6 is 12.2 Å². The van der Waals surface area contributed by atoms with Gasteiger partial charge >= 0.3 is 0 Å². The molecule has 6 nitrogen and oxygen atoms in total. The fourth-order valence-corrected chi connectivity index (χ4v) is 3.16. The molecule has 1 fully saturated rings. The number of rotatable bonds is 3. The smallest absolute Gasteiger partial charge is 0.270 e. The number of aryl methyl sites for hydroxylation is 2. The van der Waals surface area contributed by atoms with Gasteiger partial charge in [-0.2, -0.15) is 0 Å². The van der Waals surface area contributed by atoms with Crippen molar-refractivity contribution >= 4 is 40.9 Å². The molecule has 1 aliphatic heterocycles. The van der Waals surface area contributed by atoms with Crippen LogP contribution in [0, 0.1) is 13.8 Å². The number of phenols is 1. The lowest BCUT2D eigenvalue weighted by Crippen LogP contribution is -2.54. The summed E-state index contributed by atoms with van der Waals surface area (Å²) < 4.78 is 5.07. The summed E-state index contributed by atoms with van der Waals surface area (Å²) in [5, 5.41) is 12.3. The first-order chi connectivity index (χ1) is 12.8. The Kier molecular flexibility index (Phi) is 4.96. The summed E-state index contributed by atoms with van der Waals surface area (Å²) in [7, 11) is 1.42. The Morgan fingerprint density at radius 1 is 1.15 bits per heavy atom. The third-order valence-corrected chi connectivity index (χ3v) is 4.49. The van der Waals surface area contributed by atoms with Crippen LogP contribution in [0.15, 0.2) is 42.0 Å². The zero-order valence-electron chi connectivity index (χ0n) is 15.1. The summed E-state index contributed by atoms with van der Waals surface area (Å²) in [5.74, 6) is -0.868. The molecule has 1 heterocycles. The van der Waals surface area contributed by atoms with Crippen LogP contribution in [0.2, 0.25) is 0 Å². The van der Waals surface area contributed by atoms with E-state index in [1.165, 1.54) is 30.2 Å². The molecule has 138 valence electrons. The first-order valence-corrected chi connectivity index (χ1v) is 8.58. The Morgan fingerprint density at radius 2 is 1.89 bits per heavy atom. The first kappa shape index (κ1) is 18.6. The average molecular weight is 382 g/mol. The Labute approximate surface area is 162 Å². The first-order valence-electron chi connectivity index (χ1n) is 8.17. The molecule has 2 N–H and O–H groups in total. The van der Waals surface area contributed by atoms with Crippen molar-refractivity contribution in [1.29, 1.82) is 0 Å². The Balaban J connectivity index is 2.04. The number of nitrogens with zero attached hydrogens (tertiary/aromatic N) is 1. The lowest BCUT2D eigenvalue weighted by atomic mass is 10.0. The van der Waals surface area contributed by atoms with Crippen LogP contribution in [-0.4, -0.2) is 29.1 Å². The number of hydrogen-bond donors (Lipinski definition) is 2. The van der Waals surface area contributed by atoms with E-state index in [1.54, 1.807) is 12.1 Å². The monoisotopic (exact) mass is 382 g/mol. The maximum atomic E-state index is 13.0. The number of thiocarbonyl (C=S) groups is 1. The van der Waals surface area contributed by atoms with Crippen molar-refractivity contribution in [2.24, 2.45) is 0 Å². The van der Waals surface area contributed by atoms with Crippen molar-refractivity contribution in [2.45, 2.75) is 13.8 Å². The van der Waals surface area contributed by atoms with E-state index >= 15 is 0 Å².